The van der Waals surface area contributed by atoms with E-state index in [0.717, 1.165) is 32.5 Å². The van der Waals surface area contributed by atoms with Gasteiger partial charge in [0.2, 0.25) is 5.78 Å². The molecule has 0 radical (unpaired) electrons. The van der Waals surface area contributed by atoms with Crippen molar-refractivity contribution in [2.45, 2.75) is 13.3 Å². The highest BCUT2D eigenvalue weighted by Crippen LogP contribution is 2.29. The number of aryl methyl sites for hydroxylation is 1. The van der Waals surface area contributed by atoms with E-state index in [4.69, 9.17) is 0 Å². The average molecular weight is 272 g/mol. The predicted molar refractivity (Wildman–Crippen MR) is 79.0 cm³/mol. The summed E-state index contributed by atoms with van der Waals surface area (Å²) in [5, 5.41) is 5.19. The molecule has 0 saturated heterocycles. The van der Waals surface area contributed by atoms with E-state index in [1.807, 2.05) is 29.0 Å². The maximum atomic E-state index is 12.6. The molecular formula is C15H12OS2. The second-order valence-corrected chi connectivity index (χ2v) is 5.93. The van der Waals surface area contributed by atoms with Gasteiger partial charge < -0.3 is 0 Å². The fourth-order valence-electron chi connectivity index (χ4n) is 2.11. The van der Waals surface area contributed by atoms with E-state index >= 15 is 0 Å². The van der Waals surface area contributed by atoms with E-state index in [1.54, 1.807) is 22.7 Å². The molecule has 0 aliphatic rings. The maximum Gasteiger partial charge on any atom is 0.204 e. The summed E-state index contributed by atoms with van der Waals surface area (Å²) in [6.07, 6.45) is 0.908. The van der Waals surface area contributed by atoms with Crippen molar-refractivity contribution in [2.24, 2.45) is 0 Å². The number of benzene rings is 1. The predicted octanol–water partition coefficient (Wildman–Crippen LogP) is 4.76. The Morgan fingerprint density at radius 2 is 1.94 bits per heavy atom. The molecule has 3 heteroatoms. The highest BCUT2D eigenvalue weighted by atomic mass is 32.1. The van der Waals surface area contributed by atoms with Gasteiger partial charge in [0.15, 0.2) is 0 Å². The minimum atomic E-state index is 0.162. The second kappa shape index (κ2) is 4.67. The molecule has 0 fully saturated rings. The van der Waals surface area contributed by atoms with Gasteiger partial charge in [0.1, 0.15) is 0 Å². The summed E-state index contributed by atoms with van der Waals surface area (Å²) >= 11 is 3.18. The van der Waals surface area contributed by atoms with Gasteiger partial charge in [-0.05, 0) is 46.3 Å². The minimum Gasteiger partial charge on any atom is -0.288 e. The first kappa shape index (κ1) is 11.6. The molecule has 0 unspecified atom stereocenters. The van der Waals surface area contributed by atoms with E-state index < -0.39 is 0 Å². The Bertz CT molecular complexity index is 706. The van der Waals surface area contributed by atoms with Crippen molar-refractivity contribution in [3.8, 4) is 0 Å². The average Bonchev–Trinajstić information content (AvgIpc) is 3.05. The minimum absolute atomic E-state index is 0.162. The quantitative estimate of drug-likeness (QED) is 0.628. The first-order valence-corrected chi connectivity index (χ1v) is 7.64. The second-order valence-electron chi connectivity index (χ2n) is 4.10. The van der Waals surface area contributed by atoms with Gasteiger partial charge in [-0.15, -0.1) is 22.7 Å². The SMILES string of the molecule is CCc1ccsc1C(=O)c1cccc2ccsc12. The molecule has 0 amide bonds. The van der Waals surface area contributed by atoms with Crippen molar-refractivity contribution >= 4 is 38.5 Å². The molecule has 3 aromatic rings. The van der Waals surface area contributed by atoms with Crippen LogP contribution in [0.15, 0.2) is 41.1 Å². The van der Waals surface area contributed by atoms with Crippen LogP contribution in [-0.4, -0.2) is 5.78 Å². The maximum absolute atomic E-state index is 12.6. The van der Waals surface area contributed by atoms with Crippen LogP contribution in [0.5, 0.6) is 0 Å². The Morgan fingerprint density at radius 3 is 2.78 bits per heavy atom. The fourth-order valence-corrected chi connectivity index (χ4v) is 3.97. The number of hydrogen-bond acceptors (Lipinski definition) is 3. The van der Waals surface area contributed by atoms with Gasteiger partial charge in [-0.3, -0.25) is 4.79 Å². The van der Waals surface area contributed by atoms with E-state index in [2.05, 4.69) is 19.1 Å². The van der Waals surface area contributed by atoms with Crippen molar-refractivity contribution in [1.82, 2.24) is 0 Å². The molecule has 1 nitrogen and oxygen atoms in total. The lowest BCUT2D eigenvalue weighted by Crippen LogP contribution is -2.01. The van der Waals surface area contributed by atoms with Gasteiger partial charge in [-0.2, -0.15) is 0 Å². The van der Waals surface area contributed by atoms with Gasteiger partial charge in [-0.25, -0.2) is 0 Å². The molecule has 0 bridgehead atoms. The van der Waals surface area contributed by atoms with Gasteiger partial charge in [0.05, 0.1) is 4.88 Å². The number of thiophene rings is 2. The molecule has 0 spiro atoms. The number of carbonyl (C=O) groups is 1. The molecule has 0 aliphatic heterocycles. The van der Waals surface area contributed by atoms with Crippen LogP contribution < -0.4 is 0 Å². The number of ketones is 1. The Balaban J connectivity index is 2.15. The summed E-state index contributed by atoms with van der Waals surface area (Å²) in [6.45, 7) is 2.09. The summed E-state index contributed by atoms with van der Waals surface area (Å²) in [7, 11) is 0. The number of fused-ring (bicyclic) bond motifs is 1. The van der Waals surface area contributed by atoms with Gasteiger partial charge in [0, 0.05) is 10.3 Å². The molecule has 0 N–H and O–H groups in total. The van der Waals surface area contributed by atoms with Crippen LogP contribution in [0.25, 0.3) is 10.1 Å². The lowest BCUT2D eigenvalue weighted by molar-refractivity contribution is 0.104. The van der Waals surface area contributed by atoms with Gasteiger partial charge in [-0.1, -0.05) is 19.1 Å². The Hall–Kier alpha value is -1.45. The third-order valence-corrected chi connectivity index (χ3v) is 4.98. The number of rotatable bonds is 3. The highest BCUT2D eigenvalue weighted by molar-refractivity contribution is 7.18. The molecule has 2 heterocycles. The van der Waals surface area contributed by atoms with Crippen molar-refractivity contribution in [2.75, 3.05) is 0 Å². The third-order valence-electron chi connectivity index (χ3n) is 3.06. The Labute approximate surface area is 114 Å². The molecule has 3 rings (SSSR count). The van der Waals surface area contributed by atoms with Crippen LogP contribution in [-0.2, 0) is 6.42 Å². The smallest absolute Gasteiger partial charge is 0.204 e. The van der Waals surface area contributed by atoms with E-state index in [9.17, 15) is 4.79 Å². The molecule has 0 aliphatic carbocycles. The van der Waals surface area contributed by atoms with E-state index in [-0.39, 0.29) is 5.78 Å². The zero-order valence-electron chi connectivity index (χ0n) is 9.97. The molecule has 0 saturated carbocycles. The normalized spacial score (nSPS) is 10.9. The van der Waals surface area contributed by atoms with E-state index in [1.165, 1.54) is 0 Å². The largest absolute Gasteiger partial charge is 0.288 e. The first-order valence-electron chi connectivity index (χ1n) is 5.88. The zero-order chi connectivity index (χ0) is 12.5. The summed E-state index contributed by atoms with van der Waals surface area (Å²) in [6, 6.07) is 10.1. The first-order chi connectivity index (χ1) is 8.81. The van der Waals surface area contributed by atoms with Crippen LogP contribution in [0.4, 0.5) is 0 Å². The van der Waals surface area contributed by atoms with Crippen LogP contribution in [0.2, 0.25) is 0 Å². The number of hydrogen-bond donors (Lipinski definition) is 0. The molecule has 2 aromatic heterocycles. The summed E-state index contributed by atoms with van der Waals surface area (Å²) < 4.78 is 1.10. The standard InChI is InChI=1S/C15H12OS2/c1-2-10-6-8-18-15(10)13(16)12-5-3-4-11-7-9-17-14(11)12/h3-9H,2H2,1H3. The summed E-state index contributed by atoms with van der Waals surface area (Å²) in [4.78, 5) is 13.5. The van der Waals surface area contributed by atoms with Crippen LogP contribution in [0.3, 0.4) is 0 Å². The van der Waals surface area contributed by atoms with Crippen molar-refractivity contribution in [3.63, 3.8) is 0 Å². The molecule has 90 valence electrons. The molecule has 1 aromatic carbocycles. The monoisotopic (exact) mass is 272 g/mol. The third kappa shape index (κ3) is 1.80. The van der Waals surface area contributed by atoms with Crippen LogP contribution in [0, 0.1) is 0 Å². The fraction of sp³-hybridized carbons (Fsp3) is 0.133. The highest BCUT2D eigenvalue weighted by Gasteiger charge is 2.17. The number of carbonyl (C=O) groups excluding carboxylic acids is 1. The van der Waals surface area contributed by atoms with Crippen molar-refractivity contribution in [1.29, 1.82) is 0 Å². The topological polar surface area (TPSA) is 17.1 Å². The molecular weight excluding hydrogens is 260 g/mol. The van der Waals surface area contributed by atoms with Crippen molar-refractivity contribution < 1.29 is 4.79 Å². The lowest BCUT2D eigenvalue weighted by atomic mass is 10.0. The van der Waals surface area contributed by atoms with Gasteiger partial charge >= 0.3 is 0 Å². The molecule has 0 atom stereocenters. The van der Waals surface area contributed by atoms with Crippen LogP contribution in [0.1, 0.15) is 27.7 Å². The zero-order valence-corrected chi connectivity index (χ0v) is 11.6. The van der Waals surface area contributed by atoms with E-state index in [0.29, 0.717) is 0 Å². The Morgan fingerprint density at radius 1 is 1.11 bits per heavy atom. The molecule has 18 heavy (non-hydrogen) atoms. The summed E-state index contributed by atoms with van der Waals surface area (Å²) in [5.74, 6) is 0.162. The van der Waals surface area contributed by atoms with Crippen molar-refractivity contribution in [3.05, 3.63) is 57.1 Å². The van der Waals surface area contributed by atoms with Gasteiger partial charge in [0.25, 0.3) is 0 Å². The van der Waals surface area contributed by atoms with Crippen LogP contribution >= 0.6 is 22.7 Å². The summed E-state index contributed by atoms with van der Waals surface area (Å²) in [5.41, 5.74) is 1.98. The lowest BCUT2D eigenvalue weighted by Gasteiger charge is -2.03. The Kier molecular flexibility index (Phi) is 3.02.